The molecule has 0 aliphatic carbocycles. The molecule has 0 aliphatic heterocycles. The van der Waals surface area contributed by atoms with Crippen LogP contribution in [0.1, 0.15) is 45.7 Å². The number of nitrogens with zero attached hydrogens (tertiary/aromatic N) is 2. The standard InChI is InChI=1S/C19H27N3OS/c1-6-14-9-8-10-15(7-2)17(14)22-12-11-20-18(22)24-13-16(23)21-19(3,4)5/h8-12H,6-7,13H2,1-5H3,(H,21,23). The molecule has 1 heterocycles. The molecule has 2 rings (SSSR count). The summed E-state index contributed by atoms with van der Waals surface area (Å²) in [5.74, 6) is 0.394. The van der Waals surface area contributed by atoms with Gasteiger partial charge in [0.1, 0.15) is 0 Å². The van der Waals surface area contributed by atoms with Gasteiger partial charge in [-0.25, -0.2) is 4.98 Å². The fourth-order valence-electron chi connectivity index (χ4n) is 2.68. The molecule has 1 aromatic heterocycles. The molecule has 0 saturated carbocycles. The van der Waals surface area contributed by atoms with E-state index in [0.717, 1.165) is 18.0 Å². The first-order valence-corrected chi connectivity index (χ1v) is 9.42. The molecular formula is C19H27N3OS. The summed E-state index contributed by atoms with van der Waals surface area (Å²) < 4.78 is 2.12. The van der Waals surface area contributed by atoms with Crippen molar-refractivity contribution in [3.05, 3.63) is 41.7 Å². The Hall–Kier alpha value is -1.75. The van der Waals surface area contributed by atoms with Gasteiger partial charge in [-0.2, -0.15) is 0 Å². The van der Waals surface area contributed by atoms with Crippen molar-refractivity contribution in [3.8, 4) is 5.69 Å². The molecule has 0 bridgehead atoms. The number of hydrogen-bond acceptors (Lipinski definition) is 3. The van der Waals surface area contributed by atoms with Crippen molar-refractivity contribution in [3.63, 3.8) is 0 Å². The minimum Gasteiger partial charge on any atom is -0.351 e. The summed E-state index contributed by atoms with van der Waals surface area (Å²) in [5.41, 5.74) is 3.59. The molecular weight excluding hydrogens is 318 g/mol. The van der Waals surface area contributed by atoms with Crippen LogP contribution in [0.3, 0.4) is 0 Å². The van der Waals surface area contributed by atoms with Crippen molar-refractivity contribution < 1.29 is 4.79 Å². The third-order valence-electron chi connectivity index (χ3n) is 3.66. The molecule has 0 spiro atoms. The SMILES string of the molecule is CCc1cccc(CC)c1-n1ccnc1SCC(=O)NC(C)(C)C. The van der Waals surface area contributed by atoms with Crippen LogP contribution in [-0.4, -0.2) is 26.8 Å². The first kappa shape index (κ1) is 18.6. The Bertz CT molecular complexity index is 679. The topological polar surface area (TPSA) is 46.9 Å². The van der Waals surface area contributed by atoms with Gasteiger partial charge in [-0.1, -0.05) is 43.8 Å². The lowest BCUT2D eigenvalue weighted by molar-refractivity contribution is -0.119. The number of aromatic nitrogens is 2. The quantitative estimate of drug-likeness (QED) is 0.805. The van der Waals surface area contributed by atoms with Crippen LogP contribution in [0.2, 0.25) is 0 Å². The third-order valence-corrected chi connectivity index (χ3v) is 4.63. The van der Waals surface area contributed by atoms with Gasteiger partial charge in [-0.05, 0) is 44.7 Å². The summed E-state index contributed by atoms with van der Waals surface area (Å²) in [6.07, 6.45) is 5.72. The number of hydrogen-bond donors (Lipinski definition) is 1. The lowest BCUT2D eigenvalue weighted by atomic mass is 10.0. The van der Waals surface area contributed by atoms with E-state index in [4.69, 9.17) is 0 Å². The van der Waals surface area contributed by atoms with E-state index >= 15 is 0 Å². The molecule has 0 aliphatic rings. The third kappa shape index (κ3) is 4.63. The van der Waals surface area contributed by atoms with E-state index in [2.05, 4.69) is 46.9 Å². The second-order valence-electron chi connectivity index (χ2n) is 6.80. The van der Waals surface area contributed by atoms with Gasteiger partial charge in [-0.15, -0.1) is 0 Å². The number of imidazole rings is 1. The second kappa shape index (κ2) is 7.88. The Labute approximate surface area is 149 Å². The van der Waals surface area contributed by atoms with Gasteiger partial charge in [0.25, 0.3) is 0 Å². The molecule has 1 N–H and O–H groups in total. The number of amides is 1. The van der Waals surface area contributed by atoms with Crippen LogP contribution in [0.15, 0.2) is 35.7 Å². The molecule has 1 aromatic carbocycles. The highest BCUT2D eigenvalue weighted by atomic mass is 32.2. The monoisotopic (exact) mass is 345 g/mol. The van der Waals surface area contributed by atoms with Gasteiger partial charge >= 0.3 is 0 Å². The number of aryl methyl sites for hydroxylation is 2. The zero-order chi connectivity index (χ0) is 17.7. The molecule has 4 nitrogen and oxygen atoms in total. The van der Waals surface area contributed by atoms with E-state index in [1.165, 1.54) is 28.6 Å². The minimum absolute atomic E-state index is 0.0292. The van der Waals surface area contributed by atoms with Crippen molar-refractivity contribution in [2.75, 3.05) is 5.75 Å². The van der Waals surface area contributed by atoms with Crippen LogP contribution in [0, 0.1) is 0 Å². The predicted octanol–water partition coefficient (Wildman–Crippen LogP) is 4.00. The molecule has 0 radical (unpaired) electrons. The fourth-order valence-corrected chi connectivity index (χ4v) is 3.43. The molecule has 0 fully saturated rings. The van der Waals surface area contributed by atoms with Gasteiger partial charge in [0, 0.05) is 17.9 Å². The van der Waals surface area contributed by atoms with Gasteiger partial charge in [0.15, 0.2) is 5.16 Å². The van der Waals surface area contributed by atoms with Crippen molar-refractivity contribution in [2.24, 2.45) is 0 Å². The van der Waals surface area contributed by atoms with Crippen molar-refractivity contribution >= 4 is 17.7 Å². The number of rotatable bonds is 6. The molecule has 130 valence electrons. The number of benzene rings is 1. The van der Waals surface area contributed by atoms with Crippen LogP contribution in [0.25, 0.3) is 5.69 Å². The normalized spacial score (nSPS) is 11.5. The Kier molecular flexibility index (Phi) is 6.10. The fraction of sp³-hybridized carbons (Fsp3) is 0.474. The number of carbonyl (C=O) groups is 1. The molecule has 2 aromatic rings. The zero-order valence-electron chi connectivity index (χ0n) is 15.2. The average molecular weight is 346 g/mol. The summed E-state index contributed by atoms with van der Waals surface area (Å²) in [6, 6.07) is 6.44. The Morgan fingerprint density at radius 3 is 2.38 bits per heavy atom. The smallest absolute Gasteiger partial charge is 0.230 e. The lowest BCUT2D eigenvalue weighted by Gasteiger charge is -2.20. The summed E-state index contributed by atoms with van der Waals surface area (Å²) >= 11 is 1.48. The van der Waals surface area contributed by atoms with Gasteiger partial charge in [0.2, 0.25) is 5.91 Å². The van der Waals surface area contributed by atoms with E-state index < -0.39 is 0 Å². The highest BCUT2D eigenvalue weighted by Crippen LogP contribution is 2.26. The molecule has 1 amide bonds. The van der Waals surface area contributed by atoms with Gasteiger partial charge in [-0.3, -0.25) is 9.36 Å². The Morgan fingerprint density at radius 2 is 1.83 bits per heavy atom. The summed E-state index contributed by atoms with van der Waals surface area (Å²) in [4.78, 5) is 16.5. The van der Waals surface area contributed by atoms with Crippen molar-refractivity contribution in [1.82, 2.24) is 14.9 Å². The molecule has 0 unspecified atom stereocenters. The average Bonchev–Trinajstić information content (AvgIpc) is 2.98. The Morgan fingerprint density at radius 1 is 1.21 bits per heavy atom. The molecule has 0 saturated heterocycles. The van der Waals surface area contributed by atoms with E-state index in [-0.39, 0.29) is 11.4 Å². The lowest BCUT2D eigenvalue weighted by Crippen LogP contribution is -2.41. The number of carbonyl (C=O) groups excluding carboxylic acids is 1. The van der Waals surface area contributed by atoms with Crippen LogP contribution >= 0.6 is 11.8 Å². The number of thioether (sulfide) groups is 1. The number of nitrogens with one attached hydrogen (secondary N) is 1. The maximum Gasteiger partial charge on any atom is 0.230 e. The maximum absolute atomic E-state index is 12.1. The van der Waals surface area contributed by atoms with Crippen molar-refractivity contribution in [1.29, 1.82) is 0 Å². The molecule has 5 heteroatoms. The first-order chi connectivity index (χ1) is 11.4. The van der Waals surface area contributed by atoms with Gasteiger partial charge < -0.3 is 5.32 Å². The number of para-hydroxylation sites is 1. The van der Waals surface area contributed by atoms with E-state index in [9.17, 15) is 4.79 Å². The van der Waals surface area contributed by atoms with Crippen LogP contribution < -0.4 is 5.32 Å². The van der Waals surface area contributed by atoms with E-state index in [1.807, 2.05) is 27.0 Å². The maximum atomic E-state index is 12.1. The van der Waals surface area contributed by atoms with Crippen molar-refractivity contribution in [2.45, 2.75) is 58.2 Å². The Balaban J connectivity index is 2.24. The highest BCUT2D eigenvalue weighted by Gasteiger charge is 2.17. The van der Waals surface area contributed by atoms with E-state index in [0.29, 0.717) is 5.75 Å². The summed E-state index contributed by atoms with van der Waals surface area (Å²) in [5, 5.41) is 3.85. The second-order valence-corrected chi connectivity index (χ2v) is 7.74. The zero-order valence-corrected chi connectivity index (χ0v) is 16.0. The predicted molar refractivity (Wildman–Crippen MR) is 101 cm³/mol. The largest absolute Gasteiger partial charge is 0.351 e. The first-order valence-electron chi connectivity index (χ1n) is 8.44. The van der Waals surface area contributed by atoms with E-state index in [1.54, 1.807) is 6.20 Å². The minimum atomic E-state index is -0.211. The molecule has 0 atom stereocenters. The summed E-state index contributed by atoms with van der Waals surface area (Å²) in [6.45, 7) is 10.3. The molecule has 24 heavy (non-hydrogen) atoms. The summed E-state index contributed by atoms with van der Waals surface area (Å²) in [7, 11) is 0. The van der Waals surface area contributed by atoms with Gasteiger partial charge in [0.05, 0.1) is 11.4 Å². The highest BCUT2D eigenvalue weighted by molar-refractivity contribution is 7.99. The van der Waals surface area contributed by atoms with Crippen LogP contribution in [0.4, 0.5) is 0 Å². The van der Waals surface area contributed by atoms with Crippen LogP contribution in [-0.2, 0) is 17.6 Å². The van der Waals surface area contributed by atoms with Crippen LogP contribution in [0.5, 0.6) is 0 Å².